The second-order valence-electron chi connectivity index (χ2n) is 22.5. The average molecular weight is 992 g/mol. The topological polar surface area (TPSA) is 144 Å². The highest BCUT2D eigenvalue weighted by molar-refractivity contribution is 5.93. The number of carbonyl (C=O) groups is 3. The van der Waals surface area contributed by atoms with Gasteiger partial charge in [0.25, 0.3) is 5.56 Å². The molecule has 4 aromatic rings. The summed E-state index contributed by atoms with van der Waals surface area (Å²) < 4.78 is 19.5. The highest BCUT2D eigenvalue weighted by Crippen LogP contribution is 2.64. The van der Waals surface area contributed by atoms with E-state index in [1.54, 1.807) is 28.0 Å². The van der Waals surface area contributed by atoms with Crippen molar-refractivity contribution in [1.29, 1.82) is 0 Å². The summed E-state index contributed by atoms with van der Waals surface area (Å²) in [5, 5.41) is 12.3. The number of hydrogen-bond donors (Lipinski definition) is 1. The van der Waals surface area contributed by atoms with Crippen molar-refractivity contribution in [3.05, 3.63) is 109 Å². The van der Waals surface area contributed by atoms with Crippen LogP contribution in [0.4, 0.5) is 10.5 Å². The Hall–Kier alpha value is -5.63. The van der Waals surface area contributed by atoms with Gasteiger partial charge in [-0.2, -0.15) is 0 Å². The maximum Gasteiger partial charge on any atom is 0.415 e. The van der Waals surface area contributed by atoms with Gasteiger partial charge in [0.15, 0.2) is 5.78 Å². The minimum Gasteiger partial charge on any atom is -0.462 e. The van der Waals surface area contributed by atoms with Crippen molar-refractivity contribution in [2.75, 3.05) is 57.8 Å². The predicted octanol–water partition coefficient (Wildman–Crippen LogP) is 9.76. The zero-order valence-corrected chi connectivity index (χ0v) is 43.6. The number of rotatable bonds is 13. The van der Waals surface area contributed by atoms with Crippen molar-refractivity contribution < 1.29 is 33.7 Å². The van der Waals surface area contributed by atoms with E-state index in [2.05, 4.69) is 55.0 Å². The number of carbonyl (C=O) groups excluding carboxylic acids is 3. The van der Waals surface area contributed by atoms with Crippen LogP contribution in [0.15, 0.2) is 76.1 Å². The van der Waals surface area contributed by atoms with Crippen LogP contribution < -0.4 is 15.2 Å². The van der Waals surface area contributed by atoms with E-state index in [4.69, 9.17) is 19.2 Å². The number of unbranched alkanes of at least 4 members (excludes halogenated alkanes) is 3. The molecule has 386 valence electrons. The number of esters is 1. The minimum absolute atomic E-state index is 0.0488. The summed E-state index contributed by atoms with van der Waals surface area (Å²) in [6.45, 7) is 13.5. The van der Waals surface area contributed by atoms with E-state index in [1.165, 1.54) is 22.4 Å². The molecule has 6 atom stereocenters. The van der Waals surface area contributed by atoms with Crippen LogP contribution in [0, 0.1) is 17.3 Å². The number of aliphatic hydroxyl groups is 1. The third-order valence-corrected chi connectivity index (χ3v) is 18.4. The Labute approximate surface area is 429 Å². The fourth-order valence-electron chi connectivity index (χ4n) is 14.4. The van der Waals surface area contributed by atoms with Crippen LogP contribution in [0.25, 0.3) is 22.3 Å². The number of allylic oxidation sites excluding steroid dienone is 4. The summed E-state index contributed by atoms with van der Waals surface area (Å²) in [6, 6.07) is 16.8. The number of ether oxygens (including phenoxy) is 3. The second-order valence-corrected chi connectivity index (χ2v) is 22.5. The van der Waals surface area contributed by atoms with Crippen LogP contribution in [-0.2, 0) is 44.2 Å². The Morgan fingerprint density at radius 1 is 0.932 bits per heavy atom. The number of hydrogen-bond acceptors (Lipinski definition) is 11. The Morgan fingerprint density at radius 3 is 2.49 bits per heavy atom. The molecule has 0 radical (unpaired) electrons. The molecule has 4 aliphatic carbocycles. The van der Waals surface area contributed by atoms with Gasteiger partial charge in [-0.1, -0.05) is 51.3 Å². The number of fused-ring (bicyclic) bond motifs is 9. The Morgan fingerprint density at radius 2 is 1.73 bits per heavy atom. The average Bonchev–Trinajstić information content (AvgIpc) is 3.93. The van der Waals surface area contributed by atoms with Crippen molar-refractivity contribution in [1.82, 2.24) is 19.4 Å². The quantitative estimate of drug-likeness (QED) is 0.0890. The highest BCUT2D eigenvalue weighted by atomic mass is 16.6. The number of amides is 1. The number of aromatic nitrogens is 2. The van der Waals surface area contributed by atoms with Crippen molar-refractivity contribution in [3.8, 4) is 17.1 Å². The number of piperazine rings is 1. The van der Waals surface area contributed by atoms with Crippen molar-refractivity contribution >= 4 is 34.4 Å². The summed E-state index contributed by atoms with van der Waals surface area (Å²) in [4.78, 5) is 63.7. The first-order chi connectivity index (χ1) is 35.3. The fraction of sp³-hybridized carbons (Fsp3) is 0.550. The van der Waals surface area contributed by atoms with E-state index in [0.717, 1.165) is 124 Å². The maximum absolute atomic E-state index is 13.8. The minimum atomic E-state index is -1.21. The SMILES string of the molecule is CCc1c2c(nc3ccc(OC(=O)N4CCN(CCCCCCN(C)c5ccc(C6CC7(C)[C@H](OC(C)=O)CC[C@H]7C7CCC8=CC(=O)CCC8=C67)cc5)CC4)cc13)-c1cc3c(c(=O)n1C2)COC[C@]3(O)CC. The van der Waals surface area contributed by atoms with E-state index in [0.29, 0.717) is 67.6 Å². The van der Waals surface area contributed by atoms with E-state index < -0.39 is 5.60 Å². The summed E-state index contributed by atoms with van der Waals surface area (Å²) in [5.41, 5.74) is 10.9. The van der Waals surface area contributed by atoms with Crippen LogP contribution >= 0.6 is 0 Å². The van der Waals surface area contributed by atoms with Gasteiger partial charge in [0.2, 0.25) is 0 Å². The largest absolute Gasteiger partial charge is 0.462 e. The molecule has 73 heavy (non-hydrogen) atoms. The molecule has 1 saturated heterocycles. The van der Waals surface area contributed by atoms with Gasteiger partial charge in [0, 0.05) is 86.6 Å². The molecule has 1 amide bonds. The van der Waals surface area contributed by atoms with Gasteiger partial charge in [-0.15, -0.1) is 0 Å². The zero-order chi connectivity index (χ0) is 50.8. The molecule has 1 N–H and O–H groups in total. The smallest absolute Gasteiger partial charge is 0.415 e. The Bertz CT molecular complexity index is 2970. The number of pyridine rings is 2. The van der Waals surface area contributed by atoms with Gasteiger partial charge < -0.3 is 33.7 Å². The predicted molar refractivity (Wildman–Crippen MR) is 282 cm³/mol. The Kier molecular flexibility index (Phi) is 13.5. The standard InChI is InChI=1S/C60H73N5O8/c1-6-43-46-31-42(18-22-52(46)61-56-48(43)34-65-53(56)32-51-49(57(65)68)35-71-36-60(51,70)7-2)73-58(69)64-28-26-63(27-29-64)25-11-9-8-10-24-62(5)40-15-12-38(13-16-40)47-33-59(4)50(21-23-54(59)72-37(3)66)45-19-14-39-30-41(67)17-20-44(39)55(45)47/h12-13,15-16,18,22,30-32,45,47,50,54,70H,6-11,14,17,19-21,23-29,33-36H2,1-5H3/t45?,47?,50-,54+,59?,60+/m0/s1. The summed E-state index contributed by atoms with van der Waals surface area (Å²) in [6.07, 6.45) is 13.7. The molecule has 13 heteroatoms. The van der Waals surface area contributed by atoms with E-state index in [1.807, 2.05) is 31.2 Å². The lowest BCUT2D eigenvalue weighted by Gasteiger charge is -2.52. The summed E-state index contributed by atoms with van der Waals surface area (Å²) >= 11 is 0. The first-order valence-electron chi connectivity index (χ1n) is 27.4. The third-order valence-electron chi connectivity index (χ3n) is 18.4. The van der Waals surface area contributed by atoms with Gasteiger partial charge in [-0.25, -0.2) is 9.78 Å². The van der Waals surface area contributed by atoms with Gasteiger partial charge in [-0.05, 0) is 153 Å². The molecule has 0 spiro atoms. The molecule has 2 aromatic carbocycles. The van der Waals surface area contributed by atoms with Crippen molar-refractivity contribution in [3.63, 3.8) is 0 Å². The number of aryl methyl sites for hydroxylation is 1. The Balaban J connectivity index is 0.650. The maximum atomic E-state index is 13.8. The van der Waals surface area contributed by atoms with Crippen molar-refractivity contribution in [2.45, 2.75) is 142 Å². The lowest BCUT2D eigenvalue weighted by Crippen LogP contribution is -2.49. The van der Waals surface area contributed by atoms with Crippen LogP contribution in [0.2, 0.25) is 0 Å². The molecule has 2 aromatic heterocycles. The van der Waals surface area contributed by atoms with Crippen LogP contribution in [0.5, 0.6) is 5.75 Å². The molecule has 0 bridgehead atoms. The molecular formula is C60H73N5O8. The molecule has 3 unspecified atom stereocenters. The normalized spacial score (nSPS) is 26.4. The first-order valence-corrected chi connectivity index (χ1v) is 27.4. The fourth-order valence-corrected chi connectivity index (χ4v) is 14.4. The summed E-state index contributed by atoms with van der Waals surface area (Å²) in [7, 11) is 2.19. The van der Waals surface area contributed by atoms with Gasteiger partial charge in [0.05, 0.1) is 36.7 Å². The van der Waals surface area contributed by atoms with Crippen molar-refractivity contribution in [2.24, 2.45) is 17.3 Å². The molecule has 3 fully saturated rings. The third kappa shape index (κ3) is 9.04. The molecular weight excluding hydrogens is 919 g/mol. The molecule has 13 nitrogen and oxygen atoms in total. The number of ketones is 1. The number of nitrogens with zero attached hydrogens (tertiary/aromatic N) is 5. The van der Waals surface area contributed by atoms with Gasteiger partial charge in [0.1, 0.15) is 17.5 Å². The molecule has 3 aliphatic heterocycles. The zero-order valence-electron chi connectivity index (χ0n) is 43.6. The summed E-state index contributed by atoms with van der Waals surface area (Å²) in [5.74, 6) is 1.77. The highest BCUT2D eigenvalue weighted by Gasteiger charge is 2.58. The molecule has 7 aliphatic rings. The van der Waals surface area contributed by atoms with Crippen LogP contribution in [0.3, 0.4) is 0 Å². The number of benzene rings is 2. The molecule has 2 saturated carbocycles. The first kappa shape index (κ1) is 49.6. The molecule has 11 rings (SSSR count). The van der Waals surface area contributed by atoms with Gasteiger partial charge in [-0.3, -0.25) is 19.3 Å². The van der Waals surface area contributed by atoms with Crippen LogP contribution in [0.1, 0.15) is 138 Å². The van der Waals surface area contributed by atoms with E-state index in [-0.39, 0.29) is 54.1 Å². The second kappa shape index (κ2) is 19.9. The number of anilines is 1. The molecule has 5 heterocycles. The lowest BCUT2D eigenvalue weighted by molar-refractivity contribution is -0.154. The lowest BCUT2D eigenvalue weighted by atomic mass is 9.53. The monoisotopic (exact) mass is 992 g/mol. The van der Waals surface area contributed by atoms with Crippen LogP contribution in [-0.4, -0.2) is 101 Å². The van der Waals surface area contributed by atoms with E-state index >= 15 is 0 Å². The van der Waals surface area contributed by atoms with Gasteiger partial charge >= 0.3 is 12.1 Å². The van der Waals surface area contributed by atoms with E-state index in [9.17, 15) is 24.3 Å².